The highest BCUT2D eigenvalue weighted by atomic mass is 35.5. The third-order valence-electron chi connectivity index (χ3n) is 2.31. The summed E-state index contributed by atoms with van der Waals surface area (Å²) >= 11 is 6.89. The minimum absolute atomic E-state index is 0.0264. The summed E-state index contributed by atoms with van der Waals surface area (Å²) < 4.78 is 13.0. The standard InChI is InChI=1S/C13H9ClFNO2S/c14-8-1-4-13(16-6-8)19-7-12(18)10-5-9(15)2-3-11(10)17/h1-6,17H,7H2. The van der Waals surface area contributed by atoms with Crippen LogP contribution in [0.5, 0.6) is 5.75 Å². The van der Waals surface area contributed by atoms with Crippen LogP contribution < -0.4 is 0 Å². The van der Waals surface area contributed by atoms with Gasteiger partial charge in [-0.1, -0.05) is 23.4 Å². The van der Waals surface area contributed by atoms with Gasteiger partial charge in [-0.25, -0.2) is 9.37 Å². The smallest absolute Gasteiger partial charge is 0.176 e. The average molecular weight is 298 g/mol. The molecule has 3 nitrogen and oxygen atoms in total. The van der Waals surface area contributed by atoms with E-state index in [-0.39, 0.29) is 22.8 Å². The van der Waals surface area contributed by atoms with Crippen molar-refractivity contribution in [3.8, 4) is 5.75 Å². The fourth-order valence-electron chi connectivity index (χ4n) is 1.40. The van der Waals surface area contributed by atoms with Crippen LogP contribution >= 0.6 is 23.4 Å². The van der Waals surface area contributed by atoms with E-state index >= 15 is 0 Å². The first-order chi connectivity index (χ1) is 9.06. The zero-order valence-corrected chi connectivity index (χ0v) is 11.2. The van der Waals surface area contributed by atoms with Crippen LogP contribution in [0.4, 0.5) is 4.39 Å². The lowest BCUT2D eigenvalue weighted by Gasteiger charge is -2.04. The largest absolute Gasteiger partial charge is 0.507 e. The lowest BCUT2D eigenvalue weighted by Crippen LogP contribution is -2.03. The van der Waals surface area contributed by atoms with Gasteiger partial charge < -0.3 is 5.11 Å². The van der Waals surface area contributed by atoms with E-state index in [1.54, 1.807) is 12.1 Å². The monoisotopic (exact) mass is 297 g/mol. The van der Waals surface area contributed by atoms with Gasteiger partial charge in [-0.05, 0) is 30.3 Å². The second-order valence-corrected chi connectivity index (χ2v) is 5.12. The van der Waals surface area contributed by atoms with Gasteiger partial charge in [0, 0.05) is 6.20 Å². The van der Waals surface area contributed by atoms with E-state index in [2.05, 4.69) is 4.98 Å². The first-order valence-corrected chi connectivity index (χ1v) is 6.68. The molecule has 0 aliphatic carbocycles. The van der Waals surface area contributed by atoms with Crippen LogP contribution in [0, 0.1) is 5.82 Å². The van der Waals surface area contributed by atoms with Crippen LogP contribution in [0.3, 0.4) is 0 Å². The van der Waals surface area contributed by atoms with E-state index in [1.807, 2.05) is 0 Å². The molecule has 0 bridgehead atoms. The van der Waals surface area contributed by atoms with E-state index in [4.69, 9.17) is 11.6 Å². The number of thioether (sulfide) groups is 1. The topological polar surface area (TPSA) is 50.2 Å². The molecule has 6 heteroatoms. The number of aromatic hydroxyl groups is 1. The summed E-state index contributed by atoms with van der Waals surface area (Å²) in [6.07, 6.45) is 1.48. The van der Waals surface area contributed by atoms with E-state index in [9.17, 15) is 14.3 Å². The molecule has 0 fully saturated rings. The predicted octanol–water partition coefficient (Wildman–Crippen LogP) is 3.55. The molecule has 1 aromatic heterocycles. The molecule has 0 amide bonds. The Labute approximate surface area is 118 Å². The van der Waals surface area contributed by atoms with Crippen LogP contribution in [0.25, 0.3) is 0 Å². The highest BCUT2D eigenvalue weighted by Gasteiger charge is 2.13. The van der Waals surface area contributed by atoms with Crippen LogP contribution in [0.2, 0.25) is 5.02 Å². The molecule has 0 unspecified atom stereocenters. The number of Topliss-reactive ketones (excluding diaryl/α,β-unsaturated/α-hetero) is 1. The van der Waals surface area contributed by atoms with Gasteiger partial charge in [-0.3, -0.25) is 4.79 Å². The van der Waals surface area contributed by atoms with Gasteiger partial charge in [0.2, 0.25) is 0 Å². The first kappa shape index (κ1) is 13.8. The Kier molecular flexibility index (Phi) is 4.39. The number of nitrogens with zero attached hydrogens (tertiary/aromatic N) is 1. The second kappa shape index (κ2) is 6.04. The average Bonchev–Trinajstić information content (AvgIpc) is 2.40. The quantitative estimate of drug-likeness (QED) is 0.692. The Balaban J connectivity index is 2.05. The number of phenols is 1. The summed E-state index contributed by atoms with van der Waals surface area (Å²) in [6.45, 7) is 0. The number of benzene rings is 1. The summed E-state index contributed by atoms with van der Waals surface area (Å²) in [5, 5.41) is 10.7. The van der Waals surface area contributed by atoms with Gasteiger partial charge in [-0.2, -0.15) is 0 Å². The Hall–Kier alpha value is -1.59. The van der Waals surface area contributed by atoms with Gasteiger partial charge in [0.25, 0.3) is 0 Å². The Morgan fingerprint density at radius 3 is 2.84 bits per heavy atom. The minimum Gasteiger partial charge on any atom is -0.507 e. The molecule has 0 aliphatic rings. The number of hydrogen-bond acceptors (Lipinski definition) is 4. The third kappa shape index (κ3) is 3.68. The fourth-order valence-corrected chi connectivity index (χ4v) is 2.23. The summed E-state index contributed by atoms with van der Waals surface area (Å²) in [7, 11) is 0. The molecule has 1 heterocycles. The van der Waals surface area contributed by atoms with Crippen LogP contribution in [0.1, 0.15) is 10.4 Å². The number of carbonyl (C=O) groups is 1. The summed E-state index contributed by atoms with van der Waals surface area (Å²) in [5.74, 6) is -1.09. The third-order valence-corrected chi connectivity index (χ3v) is 3.48. The van der Waals surface area contributed by atoms with Crippen molar-refractivity contribution in [3.63, 3.8) is 0 Å². The number of ketones is 1. The van der Waals surface area contributed by atoms with Crippen LogP contribution in [-0.4, -0.2) is 21.6 Å². The Morgan fingerprint density at radius 1 is 1.37 bits per heavy atom. The molecule has 0 atom stereocenters. The molecule has 19 heavy (non-hydrogen) atoms. The summed E-state index contributed by atoms with van der Waals surface area (Å²) in [5.41, 5.74) is -0.0264. The molecule has 0 spiro atoms. The van der Waals surface area contributed by atoms with Crippen molar-refractivity contribution in [1.82, 2.24) is 4.98 Å². The number of phenolic OH excluding ortho intramolecular Hbond substituents is 1. The number of carbonyl (C=O) groups excluding carboxylic acids is 1. The zero-order valence-electron chi connectivity index (χ0n) is 9.64. The molecule has 0 saturated carbocycles. The van der Waals surface area contributed by atoms with Crippen molar-refractivity contribution >= 4 is 29.1 Å². The van der Waals surface area contributed by atoms with E-state index in [1.165, 1.54) is 18.0 Å². The van der Waals surface area contributed by atoms with Gasteiger partial charge in [-0.15, -0.1) is 0 Å². The van der Waals surface area contributed by atoms with Crippen LogP contribution in [0.15, 0.2) is 41.6 Å². The zero-order chi connectivity index (χ0) is 13.8. The maximum Gasteiger partial charge on any atom is 0.176 e. The van der Waals surface area contributed by atoms with Crippen LogP contribution in [-0.2, 0) is 0 Å². The van der Waals surface area contributed by atoms with E-state index in [0.717, 1.165) is 18.2 Å². The summed E-state index contributed by atoms with van der Waals surface area (Å²) in [4.78, 5) is 15.9. The minimum atomic E-state index is -0.559. The number of pyridine rings is 1. The van der Waals surface area contributed by atoms with E-state index in [0.29, 0.717) is 10.0 Å². The molecule has 0 radical (unpaired) electrons. The van der Waals surface area contributed by atoms with E-state index < -0.39 is 5.82 Å². The number of hydrogen-bond donors (Lipinski definition) is 1. The van der Waals surface area contributed by atoms with Gasteiger partial charge in [0.05, 0.1) is 21.4 Å². The van der Waals surface area contributed by atoms with Crippen molar-refractivity contribution < 1.29 is 14.3 Å². The van der Waals surface area contributed by atoms with Crippen molar-refractivity contribution in [1.29, 1.82) is 0 Å². The lowest BCUT2D eigenvalue weighted by atomic mass is 10.1. The number of aromatic nitrogens is 1. The molecule has 0 aliphatic heterocycles. The molecule has 98 valence electrons. The lowest BCUT2D eigenvalue weighted by molar-refractivity contribution is 0.101. The Morgan fingerprint density at radius 2 is 2.16 bits per heavy atom. The molecule has 2 aromatic rings. The highest BCUT2D eigenvalue weighted by molar-refractivity contribution is 7.99. The van der Waals surface area contributed by atoms with Gasteiger partial charge >= 0.3 is 0 Å². The number of rotatable bonds is 4. The molecule has 1 N–H and O–H groups in total. The molecular formula is C13H9ClFNO2S. The summed E-state index contributed by atoms with van der Waals surface area (Å²) in [6, 6.07) is 6.63. The molecule has 2 rings (SSSR count). The highest BCUT2D eigenvalue weighted by Crippen LogP contribution is 2.23. The van der Waals surface area contributed by atoms with Crippen molar-refractivity contribution in [2.75, 3.05) is 5.75 Å². The fraction of sp³-hybridized carbons (Fsp3) is 0.0769. The first-order valence-electron chi connectivity index (χ1n) is 5.32. The predicted molar refractivity (Wildman–Crippen MR) is 72.4 cm³/mol. The Bertz CT molecular complexity index is 604. The van der Waals surface area contributed by atoms with Crippen molar-refractivity contribution in [2.24, 2.45) is 0 Å². The van der Waals surface area contributed by atoms with Crippen molar-refractivity contribution in [2.45, 2.75) is 5.03 Å². The number of halogens is 2. The van der Waals surface area contributed by atoms with Gasteiger partial charge in [0.1, 0.15) is 11.6 Å². The van der Waals surface area contributed by atoms with Gasteiger partial charge in [0.15, 0.2) is 5.78 Å². The second-order valence-electron chi connectivity index (χ2n) is 3.69. The maximum atomic E-state index is 13.0. The normalized spacial score (nSPS) is 10.4. The molecular weight excluding hydrogens is 289 g/mol. The molecule has 0 saturated heterocycles. The molecule has 1 aromatic carbocycles. The van der Waals surface area contributed by atoms with Crippen molar-refractivity contribution in [3.05, 3.63) is 52.9 Å². The maximum absolute atomic E-state index is 13.0. The SMILES string of the molecule is O=C(CSc1ccc(Cl)cn1)c1cc(F)ccc1O.